The molecule has 2 heterocycles. The maximum atomic E-state index is 5.46. The molecule has 17 heavy (non-hydrogen) atoms. The second-order valence-corrected chi connectivity index (χ2v) is 5.16. The Balaban J connectivity index is 1.73. The zero-order valence-electron chi connectivity index (χ0n) is 9.12. The van der Waals surface area contributed by atoms with Gasteiger partial charge in [0.15, 0.2) is 4.67 Å². The fourth-order valence-corrected chi connectivity index (χ4v) is 2.11. The van der Waals surface area contributed by atoms with Gasteiger partial charge in [-0.1, -0.05) is 6.07 Å². The number of aromatic nitrogens is 1. The number of rotatable bonds is 5. The van der Waals surface area contributed by atoms with Crippen molar-refractivity contribution in [3.05, 3.63) is 51.1 Å². The van der Waals surface area contributed by atoms with Crippen LogP contribution in [0.1, 0.15) is 11.5 Å². The van der Waals surface area contributed by atoms with E-state index in [0.29, 0.717) is 0 Å². The highest BCUT2D eigenvalue weighted by atomic mass is 79.9. The van der Waals surface area contributed by atoms with Crippen LogP contribution in [0.3, 0.4) is 0 Å². The van der Waals surface area contributed by atoms with Gasteiger partial charge in [0.1, 0.15) is 5.76 Å². The topological polar surface area (TPSA) is 38.1 Å². The van der Waals surface area contributed by atoms with E-state index < -0.39 is 0 Å². The Morgan fingerprint density at radius 3 is 2.82 bits per heavy atom. The summed E-state index contributed by atoms with van der Waals surface area (Å²) >= 11 is 6.69. The van der Waals surface area contributed by atoms with Crippen LogP contribution in [-0.4, -0.2) is 11.5 Å². The van der Waals surface area contributed by atoms with Crippen molar-refractivity contribution >= 4 is 31.9 Å². The second kappa shape index (κ2) is 6.33. The molecule has 2 rings (SSSR count). The first kappa shape index (κ1) is 12.8. The van der Waals surface area contributed by atoms with Crippen molar-refractivity contribution < 1.29 is 4.42 Å². The molecule has 2 aromatic rings. The monoisotopic (exact) mass is 358 g/mol. The average Bonchev–Trinajstić information content (AvgIpc) is 2.66. The fraction of sp³-hybridized carbons (Fsp3) is 0.250. The first-order valence-electron chi connectivity index (χ1n) is 5.30. The van der Waals surface area contributed by atoms with Crippen molar-refractivity contribution in [1.29, 1.82) is 0 Å². The quantitative estimate of drug-likeness (QED) is 0.830. The molecule has 0 saturated carbocycles. The number of nitrogens with zero attached hydrogens (tertiary/aromatic N) is 1. The number of halogens is 2. The third kappa shape index (κ3) is 3.94. The molecule has 0 atom stereocenters. The van der Waals surface area contributed by atoms with Gasteiger partial charge in [-0.3, -0.25) is 4.98 Å². The van der Waals surface area contributed by atoms with E-state index in [9.17, 15) is 0 Å². The van der Waals surface area contributed by atoms with E-state index in [2.05, 4.69) is 42.2 Å². The van der Waals surface area contributed by atoms with E-state index in [-0.39, 0.29) is 0 Å². The van der Waals surface area contributed by atoms with Crippen LogP contribution in [0.5, 0.6) is 0 Å². The first-order valence-corrected chi connectivity index (χ1v) is 6.88. The molecule has 0 spiro atoms. The molecule has 0 unspecified atom stereocenters. The highest BCUT2D eigenvalue weighted by Gasteiger charge is 2.05. The van der Waals surface area contributed by atoms with Gasteiger partial charge in [-0.05, 0) is 50.1 Å². The SMILES string of the molecule is Brc1cc(CNCCc2ccccn2)oc1Br. The van der Waals surface area contributed by atoms with Crippen molar-refractivity contribution in [2.24, 2.45) is 0 Å². The third-order valence-corrected chi connectivity index (χ3v) is 3.99. The lowest BCUT2D eigenvalue weighted by Crippen LogP contribution is -2.16. The summed E-state index contributed by atoms with van der Waals surface area (Å²) in [6, 6.07) is 7.91. The summed E-state index contributed by atoms with van der Waals surface area (Å²) in [6.07, 6.45) is 2.74. The van der Waals surface area contributed by atoms with E-state index in [1.807, 2.05) is 30.5 Å². The average molecular weight is 360 g/mol. The van der Waals surface area contributed by atoms with E-state index in [1.54, 1.807) is 0 Å². The number of furan rings is 1. The van der Waals surface area contributed by atoms with Gasteiger partial charge in [-0.15, -0.1) is 0 Å². The molecule has 2 aromatic heterocycles. The molecule has 3 nitrogen and oxygen atoms in total. The van der Waals surface area contributed by atoms with Gasteiger partial charge in [-0.2, -0.15) is 0 Å². The molecule has 5 heteroatoms. The first-order chi connectivity index (χ1) is 8.25. The van der Waals surface area contributed by atoms with Gasteiger partial charge < -0.3 is 9.73 Å². The standard InChI is InChI=1S/C12H12Br2N2O/c13-11-7-10(17-12(11)14)8-15-6-4-9-3-1-2-5-16-9/h1-3,5,7,15H,4,6,8H2. The van der Waals surface area contributed by atoms with Gasteiger partial charge in [0, 0.05) is 24.9 Å². The minimum atomic E-state index is 0.719. The molecule has 0 aromatic carbocycles. The van der Waals surface area contributed by atoms with Crippen molar-refractivity contribution in [3.63, 3.8) is 0 Å². The summed E-state index contributed by atoms with van der Waals surface area (Å²) in [5, 5.41) is 3.32. The lowest BCUT2D eigenvalue weighted by molar-refractivity contribution is 0.465. The minimum absolute atomic E-state index is 0.719. The zero-order chi connectivity index (χ0) is 12.1. The van der Waals surface area contributed by atoms with Crippen LogP contribution in [0.4, 0.5) is 0 Å². The Kier molecular flexibility index (Phi) is 4.76. The molecule has 0 fully saturated rings. The summed E-state index contributed by atoms with van der Waals surface area (Å²) in [5.41, 5.74) is 1.10. The van der Waals surface area contributed by atoms with Crippen LogP contribution < -0.4 is 5.32 Å². The van der Waals surface area contributed by atoms with E-state index in [1.165, 1.54) is 0 Å². The van der Waals surface area contributed by atoms with Crippen LogP contribution in [-0.2, 0) is 13.0 Å². The zero-order valence-corrected chi connectivity index (χ0v) is 12.3. The van der Waals surface area contributed by atoms with Gasteiger partial charge in [0.25, 0.3) is 0 Å². The van der Waals surface area contributed by atoms with Gasteiger partial charge in [0.2, 0.25) is 0 Å². The lowest BCUT2D eigenvalue weighted by Gasteiger charge is -2.01. The Labute approximate surface area is 117 Å². The number of nitrogens with one attached hydrogen (secondary N) is 1. The van der Waals surface area contributed by atoms with Gasteiger partial charge >= 0.3 is 0 Å². The molecule has 0 bridgehead atoms. The van der Waals surface area contributed by atoms with Crippen molar-refractivity contribution in [3.8, 4) is 0 Å². The molecule has 0 saturated heterocycles. The molecule has 90 valence electrons. The molecule has 0 amide bonds. The molecule has 0 aliphatic heterocycles. The van der Waals surface area contributed by atoms with Crippen LogP contribution in [0.2, 0.25) is 0 Å². The molecular formula is C12H12Br2N2O. The summed E-state index contributed by atoms with van der Waals surface area (Å²) in [5.74, 6) is 0.907. The predicted molar refractivity (Wildman–Crippen MR) is 73.8 cm³/mol. The van der Waals surface area contributed by atoms with Crippen LogP contribution in [0.25, 0.3) is 0 Å². The Morgan fingerprint density at radius 2 is 2.18 bits per heavy atom. The van der Waals surface area contributed by atoms with Crippen molar-refractivity contribution in [2.45, 2.75) is 13.0 Å². The van der Waals surface area contributed by atoms with Crippen LogP contribution in [0.15, 0.2) is 44.0 Å². The number of hydrogen-bond donors (Lipinski definition) is 1. The summed E-state index contributed by atoms with van der Waals surface area (Å²) in [4.78, 5) is 4.26. The normalized spacial score (nSPS) is 10.7. The summed E-state index contributed by atoms with van der Waals surface area (Å²) < 4.78 is 7.14. The fourth-order valence-electron chi connectivity index (χ4n) is 1.45. The molecule has 1 N–H and O–H groups in total. The molecule has 0 aliphatic carbocycles. The van der Waals surface area contributed by atoms with E-state index in [4.69, 9.17) is 4.42 Å². The smallest absolute Gasteiger partial charge is 0.183 e. The third-order valence-electron chi connectivity index (χ3n) is 2.28. The molecule has 0 radical (unpaired) electrons. The summed E-state index contributed by atoms with van der Waals surface area (Å²) in [6.45, 7) is 1.60. The van der Waals surface area contributed by atoms with Crippen LogP contribution in [0, 0.1) is 0 Å². The summed E-state index contributed by atoms with van der Waals surface area (Å²) in [7, 11) is 0. The highest BCUT2D eigenvalue weighted by molar-refractivity contribution is 9.13. The van der Waals surface area contributed by atoms with Crippen molar-refractivity contribution in [1.82, 2.24) is 10.3 Å². The Bertz CT molecular complexity index is 451. The van der Waals surface area contributed by atoms with Gasteiger partial charge in [-0.25, -0.2) is 0 Å². The number of pyridine rings is 1. The highest BCUT2D eigenvalue weighted by Crippen LogP contribution is 2.26. The minimum Gasteiger partial charge on any atom is -0.452 e. The molecule has 0 aliphatic rings. The van der Waals surface area contributed by atoms with E-state index >= 15 is 0 Å². The van der Waals surface area contributed by atoms with E-state index in [0.717, 1.165) is 40.1 Å². The maximum absolute atomic E-state index is 5.46. The Morgan fingerprint density at radius 1 is 1.29 bits per heavy atom. The lowest BCUT2D eigenvalue weighted by atomic mass is 10.3. The maximum Gasteiger partial charge on any atom is 0.183 e. The molecular weight excluding hydrogens is 348 g/mol. The largest absolute Gasteiger partial charge is 0.452 e. The van der Waals surface area contributed by atoms with Gasteiger partial charge in [0.05, 0.1) is 11.0 Å². The number of hydrogen-bond acceptors (Lipinski definition) is 3. The van der Waals surface area contributed by atoms with Crippen molar-refractivity contribution in [2.75, 3.05) is 6.54 Å². The second-order valence-electron chi connectivity index (χ2n) is 3.58. The predicted octanol–water partition coefficient (Wildman–Crippen LogP) is 3.53. The Hall–Kier alpha value is -0.650. The van der Waals surface area contributed by atoms with Crippen LogP contribution >= 0.6 is 31.9 Å².